The third-order valence-corrected chi connectivity index (χ3v) is 4.94. The largest absolute Gasteiger partial charge is 0.481 e. The van der Waals surface area contributed by atoms with Gasteiger partial charge in [-0.25, -0.2) is 9.37 Å². The Hall–Kier alpha value is -4.25. The number of anilines is 1. The smallest absolute Gasteiger partial charge is 0.256 e. The lowest BCUT2D eigenvalue weighted by molar-refractivity contribution is 0.102. The van der Waals surface area contributed by atoms with E-state index in [9.17, 15) is 14.4 Å². The minimum Gasteiger partial charge on any atom is -0.481 e. The van der Waals surface area contributed by atoms with E-state index < -0.39 is 5.91 Å². The third-order valence-electron chi connectivity index (χ3n) is 4.94. The quantitative estimate of drug-likeness (QED) is 0.531. The van der Waals surface area contributed by atoms with Crippen LogP contribution < -0.4 is 10.1 Å². The van der Waals surface area contributed by atoms with E-state index in [1.54, 1.807) is 41.9 Å². The maximum Gasteiger partial charge on any atom is 0.256 e. The molecule has 0 aliphatic heterocycles. The van der Waals surface area contributed by atoms with Gasteiger partial charge in [0.25, 0.3) is 5.91 Å². The average molecular weight is 415 g/mol. The molecule has 0 fully saturated rings. The average Bonchev–Trinajstić information content (AvgIpc) is 3.08. The van der Waals surface area contributed by atoms with Gasteiger partial charge in [-0.1, -0.05) is 30.3 Å². The first-order chi connectivity index (χ1) is 15.0. The molecule has 0 saturated heterocycles. The van der Waals surface area contributed by atoms with Gasteiger partial charge in [-0.3, -0.25) is 9.48 Å². The van der Waals surface area contributed by atoms with Crippen LogP contribution in [0.2, 0.25) is 0 Å². The number of amides is 1. The zero-order valence-electron chi connectivity index (χ0n) is 16.9. The van der Waals surface area contributed by atoms with Crippen molar-refractivity contribution < 1.29 is 13.9 Å². The van der Waals surface area contributed by atoms with Gasteiger partial charge in [0.15, 0.2) is 5.69 Å². The van der Waals surface area contributed by atoms with Crippen molar-refractivity contribution in [3.8, 4) is 11.9 Å². The number of carbonyl (C=O) groups is 1. The number of pyridine rings is 1. The maximum atomic E-state index is 13.2. The molecule has 4 rings (SSSR count). The standard InChI is InChI=1S/C23H18FN5O2/c1-14-22(20(12-25)28-29(14)13-15-7-9-16(24)10-8-15)27-23(30)18-11-21(31-2)26-19-6-4-3-5-17(18)19/h3-11H,13H2,1-2H3,(H,27,30). The van der Waals surface area contributed by atoms with Gasteiger partial charge in [0.2, 0.25) is 5.88 Å². The number of nitrogens with one attached hydrogen (secondary N) is 1. The number of rotatable bonds is 5. The summed E-state index contributed by atoms with van der Waals surface area (Å²) < 4.78 is 20.0. The Balaban J connectivity index is 1.69. The first-order valence-electron chi connectivity index (χ1n) is 9.47. The molecule has 154 valence electrons. The molecule has 7 nitrogen and oxygen atoms in total. The van der Waals surface area contributed by atoms with Gasteiger partial charge >= 0.3 is 0 Å². The highest BCUT2D eigenvalue weighted by Gasteiger charge is 2.20. The predicted molar refractivity (Wildman–Crippen MR) is 113 cm³/mol. The van der Waals surface area contributed by atoms with Crippen LogP contribution in [0.3, 0.4) is 0 Å². The number of hydrogen-bond donors (Lipinski definition) is 1. The summed E-state index contributed by atoms with van der Waals surface area (Å²) in [6.45, 7) is 2.10. The van der Waals surface area contributed by atoms with Gasteiger partial charge in [-0.05, 0) is 30.7 Å². The van der Waals surface area contributed by atoms with Gasteiger partial charge in [0.05, 0.1) is 30.4 Å². The van der Waals surface area contributed by atoms with Gasteiger partial charge in [-0.15, -0.1) is 0 Å². The number of carbonyl (C=O) groups excluding carboxylic acids is 1. The van der Waals surface area contributed by atoms with Gasteiger partial charge in [0.1, 0.15) is 17.6 Å². The summed E-state index contributed by atoms with van der Waals surface area (Å²) in [5.41, 5.74) is 2.85. The summed E-state index contributed by atoms with van der Waals surface area (Å²) in [6.07, 6.45) is 0. The molecular formula is C23H18FN5O2. The van der Waals surface area contributed by atoms with E-state index >= 15 is 0 Å². The molecule has 1 N–H and O–H groups in total. The van der Waals surface area contributed by atoms with Crippen LogP contribution in [0.25, 0.3) is 10.9 Å². The minimum absolute atomic E-state index is 0.0956. The van der Waals surface area contributed by atoms with Crippen LogP contribution in [0, 0.1) is 24.1 Å². The molecule has 4 aromatic rings. The summed E-state index contributed by atoms with van der Waals surface area (Å²) in [7, 11) is 1.48. The van der Waals surface area contributed by atoms with E-state index in [0.29, 0.717) is 40.3 Å². The Bertz CT molecular complexity index is 1320. The lowest BCUT2D eigenvalue weighted by Gasteiger charge is -2.10. The summed E-state index contributed by atoms with van der Waals surface area (Å²) in [5, 5.41) is 17.3. The van der Waals surface area contributed by atoms with Crippen LogP contribution in [0.15, 0.2) is 54.6 Å². The Labute approximate surface area is 177 Å². The monoisotopic (exact) mass is 415 g/mol. The summed E-state index contributed by atoms with van der Waals surface area (Å²) in [6, 6.07) is 16.8. The second-order valence-electron chi connectivity index (χ2n) is 6.89. The van der Waals surface area contributed by atoms with E-state index in [4.69, 9.17) is 4.74 Å². The second-order valence-corrected chi connectivity index (χ2v) is 6.89. The number of fused-ring (bicyclic) bond motifs is 1. The van der Waals surface area contributed by atoms with Crippen molar-refractivity contribution in [1.82, 2.24) is 14.8 Å². The second kappa shape index (κ2) is 8.24. The zero-order valence-corrected chi connectivity index (χ0v) is 16.9. The highest BCUT2D eigenvalue weighted by molar-refractivity contribution is 6.13. The molecule has 0 aliphatic rings. The topological polar surface area (TPSA) is 92.8 Å². The lowest BCUT2D eigenvalue weighted by Crippen LogP contribution is -2.14. The van der Waals surface area contributed by atoms with Crippen molar-refractivity contribution in [2.24, 2.45) is 0 Å². The third kappa shape index (κ3) is 3.94. The lowest BCUT2D eigenvalue weighted by atomic mass is 10.1. The van der Waals surface area contributed by atoms with Crippen LogP contribution >= 0.6 is 0 Å². The highest BCUT2D eigenvalue weighted by atomic mass is 19.1. The van der Waals surface area contributed by atoms with Gasteiger partial charge < -0.3 is 10.1 Å². The van der Waals surface area contributed by atoms with Gasteiger partial charge in [0, 0.05) is 11.5 Å². The number of nitrogens with zero attached hydrogens (tertiary/aromatic N) is 4. The molecule has 2 aromatic heterocycles. The molecule has 1 amide bonds. The number of aromatic nitrogens is 3. The first kappa shape index (κ1) is 20.0. The van der Waals surface area contributed by atoms with Crippen LogP contribution in [0.4, 0.5) is 10.1 Å². The van der Waals surface area contributed by atoms with Crippen molar-refractivity contribution in [3.05, 3.63) is 82.9 Å². The molecule has 0 atom stereocenters. The van der Waals surface area contributed by atoms with Crippen molar-refractivity contribution in [2.75, 3.05) is 12.4 Å². The molecular weight excluding hydrogens is 397 g/mol. The van der Waals surface area contributed by atoms with Crippen molar-refractivity contribution >= 4 is 22.5 Å². The number of benzene rings is 2. The van der Waals surface area contributed by atoms with E-state index in [1.807, 2.05) is 18.2 Å². The molecule has 0 spiro atoms. The molecule has 0 unspecified atom stereocenters. The normalized spacial score (nSPS) is 10.6. The highest BCUT2D eigenvalue weighted by Crippen LogP contribution is 2.25. The summed E-state index contributed by atoms with van der Waals surface area (Å²) in [5.74, 6) is -0.419. The van der Waals surface area contributed by atoms with Crippen molar-refractivity contribution in [2.45, 2.75) is 13.5 Å². The number of ether oxygens (including phenoxy) is 1. The Morgan fingerprint density at radius 1 is 1.23 bits per heavy atom. The fraction of sp³-hybridized carbons (Fsp3) is 0.130. The molecule has 31 heavy (non-hydrogen) atoms. The number of halogens is 1. The SMILES string of the molecule is COc1cc(C(=O)Nc2c(C#N)nn(Cc3ccc(F)cc3)c2C)c2ccccc2n1. The Morgan fingerprint density at radius 2 is 1.97 bits per heavy atom. The fourth-order valence-corrected chi connectivity index (χ4v) is 3.32. The summed E-state index contributed by atoms with van der Waals surface area (Å²) >= 11 is 0. The number of para-hydroxylation sites is 1. The molecule has 0 radical (unpaired) electrons. The fourth-order valence-electron chi connectivity index (χ4n) is 3.32. The minimum atomic E-state index is -0.405. The van der Waals surface area contributed by atoms with Crippen molar-refractivity contribution in [3.63, 3.8) is 0 Å². The first-order valence-corrected chi connectivity index (χ1v) is 9.47. The Kier molecular flexibility index (Phi) is 5.33. The number of hydrogen-bond acceptors (Lipinski definition) is 5. The molecule has 0 saturated carbocycles. The van der Waals surface area contributed by atoms with E-state index in [0.717, 1.165) is 5.56 Å². The molecule has 0 aliphatic carbocycles. The molecule has 2 heterocycles. The van der Waals surface area contributed by atoms with Crippen LogP contribution in [-0.2, 0) is 6.54 Å². The molecule has 8 heteroatoms. The van der Waals surface area contributed by atoms with E-state index in [-0.39, 0.29) is 11.5 Å². The Morgan fingerprint density at radius 3 is 2.68 bits per heavy atom. The van der Waals surface area contributed by atoms with E-state index in [1.165, 1.54) is 19.2 Å². The van der Waals surface area contributed by atoms with Crippen LogP contribution in [-0.4, -0.2) is 27.8 Å². The summed E-state index contributed by atoms with van der Waals surface area (Å²) in [4.78, 5) is 17.5. The van der Waals surface area contributed by atoms with Gasteiger partial charge in [-0.2, -0.15) is 10.4 Å². The molecule has 2 aromatic carbocycles. The van der Waals surface area contributed by atoms with Crippen molar-refractivity contribution in [1.29, 1.82) is 5.26 Å². The number of methoxy groups -OCH3 is 1. The zero-order chi connectivity index (χ0) is 22.0. The molecule has 0 bridgehead atoms. The van der Waals surface area contributed by atoms with Crippen LogP contribution in [0.1, 0.15) is 27.3 Å². The van der Waals surface area contributed by atoms with Crippen LogP contribution in [0.5, 0.6) is 5.88 Å². The maximum absolute atomic E-state index is 13.2. The predicted octanol–water partition coefficient (Wildman–Crippen LogP) is 4.06. The van der Waals surface area contributed by atoms with E-state index in [2.05, 4.69) is 15.4 Å². The number of nitriles is 1.